The van der Waals surface area contributed by atoms with Crippen LogP contribution in [0.15, 0.2) is 24.3 Å². The van der Waals surface area contributed by atoms with Gasteiger partial charge in [0.1, 0.15) is 0 Å². The Hall–Kier alpha value is -0.720. The second kappa shape index (κ2) is 13.7. The normalized spacial score (nSPS) is 13.9. The monoisotopic (exact) mass is 269 g/mol. The first-order valence-electron chi connectivity index (χ1n) is 7.05. The van der Waals surface area contributed by atoms with Crippen LogP contribution in [-0.4, -0.2) is 44.7 Å². The molecule has 0 amide bonds. The molecule has 5 nitrogen and oxygen atoms in total. The molecule has 0 aliphatic rings. The molecule has 5 N–H and O–H groups in total. The molecule has 0 fully saturated rings. The van der Waals surface area contributed by atoms with Gasteiger partial charge in [-0.1, -0.05) is 24.3 Å². The lowest BCUT2D eigenvalue weighted by molar-refractivity contribution is 0.385. The minimum absolute atomic E-state index is 0.342. The summed E-state index contributed by atoms with van der Waals surface area (Å²) in [6.45, 7) is 5.01. The molecule has 0 spiro atoms. The van der Waals surface area contributed by atoms with Crippen LogP contribution in [-0.2, 0) is 0 Å². The van der Waals surface area contributed by atoms with Crippen LogP contribution in [0.3, 0.4) is 0 Å². The summed E-state index contributed by atoms with van der Waals surface area (Å²) in [5.74, 6) is 5.16. The zero-order valence-corrected chi connectivity index (χ0v) is 12.7. The van der Waals surface area contributed by atoms with Crippen molar-refractivity contribution < 1.29 is 0 Å². The number of hydrogen-bond donors (Lipinski definition) is 4. The number of allylic oxidation sites excluding steroid dienone is 2. The van der Waals surface area contributed by atoms with E-state index in [-0.39, 0.29) is 0 Å². The molecule has 0 aliphatic heterocycles. The van der Waals surface area contributed by atoms with Gasteiger partial charge in [-0.15, -0.1) is 0 Å². The van der Waals surface area contributed by atoms with Gasteiger partial charge in [-0.05, 0) is 46.8 Å². The molecule has 0 saturated carbocycles. The minimum atomic E-state index is 0.342. The van der Waals surface area contributed by atoms with Crippen molar-refractivity contribution in [3.63, 3.8) is 0 Å². The van der Waals surface area contributed by atoms with Crippen LogP contribution < -0.4 is 22.1 Å². The van der Waals surface area contributed by atoms with Gasteiger partial charge in [-0.3, -0.25) is 22.1 Å². The fourth-order valence-electron chi connectivity index (χ4n) is 1.53. The molecule has 0 heterocycles. The fourth-order valence-corrected chi connectivity index (χ4v) is 1.53. The summed E-state index contributed by atoms with van der Waals surface area (Å²) >= 11 is 0. The largest absolute Gasteiger partial charge is 0.309 e. The molecule has 0 aromatic carbocycles. The first-order chi connectivity index (χ1) is 9.16. The van der Waals surface area contributed by atoms with Crippen molar-refractivity contribution in [2.24, 2.45) is 5.84 Å². The van der Waals surface area contributed by atoms with Crippen LogP contribution in [0.2, 0.25) is 0 Å². The molecular weight excluding hydrogens is 238 g/mol. The zero-order valence-electron chi connectivity index (χ0n) is 12.7. The zero-order chi connectivity index (χ0) is 14.3. The molecular formula is C14H31N5. The summed E-state index contributed by atoms with van der Waals surface area (Å²) in [6, 6.07) is 0.342. The van der Waals surface area contributed by atoms with Crippen molar-refractivity contribution >= 4 is 0 Å². The van der Waals surface area contributed by atoms with Crippen LogP contribution in [0, 0.1) is 0 Å². The van der Waals surface area contributed by atoms with Gasteiger partial charge in [0.25, 0.3) is 0 Å². The molecule has 0 aromatic heterocycles. The van der Waals surface area contributed by atoms with E-state index < -0.39 is 0 Å². The van der Waals surface area contributed by atoms with Crippen molar-refractivity contribution in [2.75, 3.05) is 33.7 Å². The highest BCUT2D eigenvalue weighted by Gasteiger charge is 1.94. The SMILES string of the molecule is CC(/C=C\C/C=C\CNN)NNCCCCN(C)C. The number of rotatable bonds is 12. The average Bonchev–Trinajstić information content (AvgIpc) is 2.37. The highest BCUT2D eigenvalue weighted by atomic mass is 15.4. The van der Waals surface area contributed by atoms with Gasteiger partial charge in [0.15, 0.2) is 0 Å². The summed E-state index contributed by atoms with van der Waals surface area (Å²) in [7, 11) is 4.22. The van der Waals surface area contributed by atoms with Crippen LogP contribution in [0.5, 0.6) is 0 Å². The lowest BCUT2D eigenvalue weighted by Gasteiger charge is -2.12. The lowest BCUT2D eigenvalue weighted by Crippen LogP contribution is -2.38. The van der Waals surface area contributed by atoms with E-state index in [2.05, 4.69) is 60.4 Å². The number of hydrogen-bond acceptors (Lipinski definition) is 5. The predicted octanol–water partition coefficient (Wildman–Crippen LogP) is 0.777. The van der Waals surface area contributed by atoms with E-state index in [0.717, 1.165) is 26.1 Å². The number of nitrogens with two attached hydrogens (primary N) is 1. The molecule has 0 rings (SSSR count). The van der Waals surface area contributed by atoms with Crippen LogP contribution in [0.4, 0.5) is 0 Å². The Morgan fingerprint density at radius 3 is 2.63 bits per heavy atom. The van der Waals surface area contributed by atoms with Crippen molar-refractivity contribution in [1.29, 1.82) is 0 Å². The van der Waals surface area contributed by atoms with Crippen LogP contribution in [0.25, 0.3) is 0 Å². The number of nitrogens with zero attached hydrogens (tertiary/aromatic N) is 1. The maximum atomic E-state index is 5.16. The van der Waals surface area contributed by atoms with Crippen LogP contribution in [0.1, 0.15) is 26.2 Å². The van der Waals surface area contributed by atoms with E-state index in [0.29, 0.717) is 6.04 Å². The highest BCUT2D eigenvalue weighted by Crippen LogP contribution is 1.90. The molecule has 0 aliphatic carbocycles. The topological polar surface area (TPSA) is 65.3 Å². The second-order valence-electron chi connectivity index (χ2n) is 4.91. The maximum absolute atomic E-state index is 5.16. The van der Waals surface area contributed by atoms with E-state index in [1.54, 1.807) is 0 Å². The molecule has 112 valence electrons. The lowest BCUT2D eigenvalue weighted by atomic mass is 10.2. The highest BCUT2D eigenvalue weighted by molar-refractivity contribution is 4.96. The van der Waals surface area contributed by atoms with E-state index in [4.69, 9.17) is 5.84 Å². The van der Waals surface area contributed by atoms with Crippen molar-refractivity contribution in [3.05, 3.63) is 24.3 Å². The van der Waals surface area contributed by atoms with Gasteiger partial charge in [-0.2, -0.15) is 0 Å². The van der Waals surface area contributed by atoms with Gasteiger partial charge in [0.2, 0.25) is 0 Å². The third-order valence-electron chi connectivity index (χ3n) is 2.59. The summed E-state index contributed by atoms with van der Waals surface area (Å²) in [6.07, 6.45) is 11.8. The molecule has 19 heavy (non-hydrogen) atoms. The summed E-state index contributed by atoms with van der Waals surface area (Å²) < 4.78 is 0. The first kappa shape index (κ1) is 18.3. The Bertz CT molecular complexity index is 238. The van der Waals surface area contributed by atoms with Gasteiger partial charge < -0.3 is 4.90 Å². The average molecular weight is 269 g/mol. The number of nitrogens with one attached hydrogen (secondary N) is 3. The summed E-state index contributed by atoms with van der Waals surface area (Å²) in [5.41, 5.74) is 9.10. The minimum Gasteiger partial charge on any atom is -0.309 e. The maximum Gasteiger partial charge on any atom is 0.0364 e. The number of unbranched alkanes of at least 4 members (excludes halogenated alkanes) is 1. The van der Waals surface area contributed by atoms with E-state index in [1.807, 2.05) is 6.08 Å². The fraction of sp³-hybridized carbons (Fsp3) is 0.714. The first-order valence-corrected chi connectivity index (χ1v) is 7.05. The van der Waals surface area contributed by atoms with Crippen LogP contribution >= 0.6 is 0 Å². The van der Waals surface area contributed by atoms with Gasteiger partial charge in [0.05, 0.1) is 0 Å². The smallest absolute Gasteiger partial charge is 0.0364 e. The van der Waals surface area contributed by atoms with Gasteiger partial charge >= 0.3 is 0 Å². The molecule has 5 heteroatoms. The molecule has 0 bridgehead atoms. The molecule has 1 unspecified atom stereocenters. The molecule has 1 atom stereocenters. The van der Waals surface area contributed by atoms with Crippen molar-refractivity contribution in [2.45, 2.75) is 32.2 Å². The quantitative estimate of drug-likeness (QED) is 0.182. The van der Waals surface area contributed by atoms with E-state index in [1.165, 1.54) is 12.8 Å². The predicted molar refractivity (Wildman–Crippen MR) is 83.5 cm³/mol. The summed E-state index contributed by atoms with van der Waals surface area (Å²) in [5, 5.41) is 0. The Labute approximate surface area is 118 Å². The standard InChI is InChI=1S/C14H31N5/c1-14(10-6-4-5-7-11-16-15)18-17-12-8-9-13-19(2)3/h5-7,10,14,16-18H,4,8-9,11-13,15H2,1-3H3/b7-5-,10-6-. The van der Waals surface area contributed by atoms with Crippen molar-refractivity contribution in [1.82, 2.24) is 21.2 Å². The molecule has 0 aromatic rings. The Balaban J connectivity index is 3.38. The Kier molecular flexibility index (Phi) is 13.2. The van der Waals surface area contributed by atoms with Gasteiger partial charge in [0, 0.05) is 19.1 Å². The summed E-state index contributed by atoms with van der Waals surface area (Å²) in [4.78, 5) is 2.21. The van der Waals surface area contributed by atoms with E-state index >= 15 is 0 Å². The third kappa shape index (κ3) is 15.2. The molecule has 0 radical (unpaired) electrons. The van der Waals surface area contributed by atoms with Gasteiger partial charge in [-0.25, -0.2) is 0 Å². The molecule has 0 saturated heterocycles. The van der Waals surface area contributed by atoms with Crippen molar-refractivity contribution in [3.8, 4) is 0 Å². The Morgan fingerprint density at radius 2 is 1.95 bits per heavy atom. The number of hydrazine groups is 2. The Morgan fingerprint density at radius 1 is 1.16 bits per heavy atom. The third-order valence-corrected chi connectivity index (χ3v) is 2.59. The second-order valence-corrected chi connectivity index (χ2v) is 4.91. The van der Waals surface area contributed by atoms with E-state index in [9.17, 15) is 0 Å².